The number of sulfone groups is 1. The summed E-state index contributed by atoms with van der Waals surface area (Å²) in [5.41, 5.74) is 0. The molecule has 1 N–H and O–H groups in total. The van der Waals surface area contributed by atoms with Crippen LogP contribution >= 0.6 is 11.6 Å². The average molecular weight is 250 g/mol. The quantitative estimate of drug-likeness (QED) is 0.788. The summed E-state index contributed by atoms with van der Waals surface area (Å²) in [5.74, 6) is 0.769. The van der Waals surface area contributed by atoms with E-state index in [2.05, 4.69) is 15.3 Å². The number of nitrogens with zero attached hydrogens (tertiary/aromatic N) is 2. The summed E-state index contributed by atoms with van der Waals surface area (Å²) in [6.45, 7) is 1.94. The highest BCUT2D eigenvalue weighted by Gasteiger charge is 2.06. The third-order valence-electron chi connectivity index (χ3n) is 1.79. The number of rotatable bonds is 5. The zero-order valence-corrected chi connectivity index (χ0v) is 9.85. The van der Waals surface area contributed by atoms with Crippen molar-refractivity contribution >= 4 is 27.3 Å². The van der Waals surface area contributed by atoms with Crippen LogP contribution in [-0.4, -0.2) is 36.4 Å². The molecule has 0 amide bonds. The molecule has 84 valence electrons. The molecular formula is C8H12ClN3O2S. The average Bonchev–Trinajstić information content (AvgIpc) is 2.18. The molecule has 0 atom stereocenters. The molecule has 15 heavy (non-hydrogen) atoms. The second kappa shape index (κ2) is 5.27. The Morgan fingerprint density at radius 3 is 2.87 bits per heavy atom. The summed E-state index contributed by atoms with van der Waals surface area (Å²) in [6, 6.07) is 1.63. The molecule has 0 unspecified atom stereocenters. The summed E-state index contributed by atoms with van der Waals surface area (Å²) in [4.78, 5) is 7.58. The number of hydrogen-bond acceptors (Lipinski definition) is 5. The number of halogens is 1. The van der Waals surface area contributed by atoms with Crippen molar-refractivity contribution in [2.75, 3.05) is 23.4 Å². The van der Waals surface area contributed by atoms with Gasteiger partial charge in [-0.05, 0) is 17.7 Å². The van der Waals surface area contributed by atoms with Crippen molar-refractivity contribution in [2.45, 2.75) is 6.92 Å². The molecule has 7 heteroatoms. The van der Waals surface area contributed by atoms with Gasteiger partial charge in [-0.15, -0.1) is 0 Å². The van der Waals surface area contributed by atoms with Gasteiger partial charge in [-0.25, -0.2) is 18.4 Å². The van der Waals surface area contributed by atoms with E-state index in [1.807, 2.05) is 0 Å². The summed E-state index contributed by atoms with van der Waals surface area (Å²) in [7, 11) is -2.94. The van der Waals surface area contributed by atoms with E-state index in [1.165, 1.54) is 6.20 Å². The van der Waals surface area contributed by atoms with E-state index in [-0.39, 0.29) is 16.8 Å². The third kappa shape index (κ3) is 4.44. The first kappa shape index (κ1) is 12.2. The number of aromatic nitrogens is 2. The van der Waals surface area contributed by atoms with Gasteiger partial charge in [0.15, 0.2) is 9.84 Å². The first-order valence-corrected chi connectivity index (χ1v) is 6.66. The second-order valence-electron chi connectivity index (χ2n) is 2.87. The maximum atomic E-state index is 11.2. The summed E-state index contributed by atoms with van der Waals surface area (Å²) < 4.78 is 22.3. The minimum atomic E-state index is -2.94. The SMILES string of the molecule is CCS(=O)(=O)CCNc1ccnc(Cl)n1. The molecule has 0 saturated carbocycles. The zero-order chi connectivity index (χ0) is 11.3. The number of hydrogen-bond donors (Lipinski definition) is 1. The van der Waals surface area contributed by atoms with E-state index in [0.29, 0.717) is 12.4 Å². The molecule has 1 aromatic heterocycles. The molecule has 5 nitrogen and oxygen atoms in total. The predicted molar refractivity (Wildman–Crippen MR) is 59.9 cm³/mol. The van der Waals surface area contributed by atoms with E-state index < -0.39 is 9.84 Å². The van der Waals surface area contributed by atoms with Crippen LogP contribution in [0.1, 0.15) is 6.92 Å². The van der Waals surface area contributed by atoms with Crippen LogP contribution in [-0.2, 0) is 9.84 Å². The van der Waals surface area contributed by atoms with Crippen molar-refractivity contribution in [1.82, 2.24) is 9.97 Å². The van der Waals surface area contributed by atoms with Gasteiger partial charge in [0.05, 0.1) is 5.75 Å². The molecule has 0 radical (unpaired) electrons. The Morgan fingerprint density at radius 1 is 1.53 bits per heavy atom. The van der Waals surface area contributed by atoms with Crippen molar-refractivity contribution in [2.24, 2.45) is 0 Å². The Morgan fingerprint density at radius 2 is 2.27 bits per heavy atom. The van der Waals surface area contributed by atoms with Gasteiger partial charge >= 0.3 is 0 Å². The van der Waals surface area contributed by atoms with Crippen LogP contribution in [0, 0.1) is 0 Å². The van der Waals surface area contributed by atoms with Crippen molar-refractivity contribution in [3.8, 4) is 0 Å². The van der Waals surface area contributed by atoms with Crippen molar-refractivity contribution in [3.05, 3.63) is 17.5 Å². The fourth-order valence-electron chi connectivity index (χ4n) is 0.912. The number of nitrogens with one attached hydrogen (secondary N) is 1. The fraction of sp³-hybridized carbons (Fsp3) is 0.500. The lowest BCUT2D eigenvalue weighted by Gasteiger charge is -2.04. The van der Waals surface area contributed by atoms with Gasteiger partial charge in [0.2, 0.25) is 5.28 Å². The monoisotopic (exact) mass is 249 g/mol. The maximum Gasteiger partial charge on any atom is 0.224 e. The molecule has 0 aliphatic rings. The summed E-state index contributed by atoms with van der Waals surface area (Å²) >= 11 is 5.56. The molecule has 0 spiro atoms. The second-order valence-corrected chi connectivity index (χ2v) is 5.68. The molecule has 1 rings (SSSR count). The van der Waals surface area contributed by atoms with Crippen molar-refractivity contribution in [3.63, 3.8) is 0 Å². The predicted octanol–water partition coefficient (Wildman–Crippen LogP) is 0.977. The number of anilines is 1. The van der Waals surface area contributed by atoms with E-state index in [0.717, 1.165) is 0 Å². The summed E-state index contributed by atoms with van der Waals surface area (Å²) in [5, 5.41) is 3.00. The van der Waals surface area contributed by atoms with Crippen molar-refractivity contribution in [1.29, 1.82) is 0 Å². The normalized spacial score (nSPS) is 11.3. The van der Waals surface area contributed by atoms with E-state index in [9.17, 15) is 8.42 Å². The molecule has 0 aliphatic heterocycles. The highest BCUT2D eigenvalue weighted by atomic mass is 35.5. The van der Waals surface area contributed by atoms with E-state index >= 15 is 0 Å². The van der Waals surface area contributed by atoms with Gasteiger partial charge < -0.3 is 5.32 Å². The maximum absolute atomic E-state index is 11.2. The Labute approximate surface area is 93.8 Å². The van der Waals surface area contributed by atoms with E-state index in [1.54, 1.807) is 13.0 Å². The molecule has 0 aliphatic carbocycles. The largest absolute Gasteiger partial charge is 0.369 e. The Bertz CT molecular complexity index is 422. The standard InChI is InChI=1S/C8H12ClN3O2S/c1-2-15(13,14)6-5-10-7-3-4-11-8(9)12-7/h3-4H,2,5-6H2,1H3,(H,10,11,12). The first-order chi connectivity index (χ1) is 7.03. The van der Waals surface area contributed by atoms with Crippen LogP contribution in [0.2, 0.25) is 5.28 Å². The minimum Gasteiger partial charge on any atom is -0.369 e. The Kier molecular flexibility index (Phi) is 4.28. The third-order valence-corrected chi connectivity index (χ3v) is 3.67. The highest BCUT2D eigenvalue weighted by molar-refractivity contribution is 7.91. The first-order valence-electron chi connectivity index (χ1n) is 4.46. The smallest absolute Gasteiger partial charge is 0.224 e. The molecule has 0 fully saturated rings. The van der Waals surface area contributed by atoms with Crippen LogP contribution in [0.5, 0.6) is 0 Å². The Hall–Kier alpha value is -0.880. The lowest BCUT2D eigenvalue weighted by Crippen LogP contribution is -2.17. The topological polar surface area (TPSA) is 72.0 Å². The van der Waals surface area contributed by atoms with E-state index in [4.69, 9.17) is 11.6 Å². The van der Waals surface area contributed by atoms with Crippen LogP contribution in [0.25, 0.3) is 0 Å². The zero-order valence-electron chi connectivity index (χ0n) is 8.27. The van der Waals surface area contributed by atoms with Gasteiger partial charge in [-0.2, -0.15) is 0 Å². The van der Waals surface area contributed by atoms with Crippen molar-refractivity contribution < 1.29 is 8.42 Å². The van der Waals surface area contributed by atoms with Gasteiger partial charge in [-0.1, -0.05) is 6.92 Å². The van der Waals surface area contributed by atoms with Gasteiger partial charge in [0.1, 0.15) is 5.82 Å². The van der Waals surface area contributed by atoms with Crippen LogP contribution in [0.3, 0.4) is 0 Å². The Balaban J connectivity index is 2.45. The fourth-order valence-corrected chi connectivity index (χ4v) is 1.76. The summed E-state index contributed by atoms with van der Waals surface area (Å²) in [6.07, 6.45) is 1.51. The molecule has 1 heterocycles. The van der Waals surface area contributed by atoms with Crippen LogP contribution in [0.4, 0.5) is 5.82 Å². The van der Waals surface area contributed by atoms with Gasteiger partial charge in [0, 0.05) is 18.5 Å². The molecular weight excluding hydrogens is 238 g/mol. The lowest BCUT2D eigenvalue weighted by atomic mass is 10.5. The highest BCUT2D eigenvalue weighted by Crippen LogP contribution is 2.05. The van der Waals surface area contributed by atoms with Gasteiger partial charge in [-0.3, -0.25) is 0 Å². The molecule has 0 aromatic carbocycles. The van der Waals surface area contributed by atoms with Crippen LogP contribution < -0.4 is 5.32 Å². The van der Waals surface area contributed by atoms with Crippen LogP contribution in [0.15, 0.2) is 12.3 Å². The minimum absolute atomic E-state index is 0.0884. The lowest BCUT2D eigenvalue weighted by molar-refractivity contribution is 0.597. The molecule has 0 saturated heterocycles. The molecule has 0 bridgehead atoms. The molecule has 1 aromatic rings. The van der Waals surface area contributed by atoms with Gasteiger partial charge in [0.25, 0.3) is 0 Å².